The fraction of sp³-hybridized carbons (Fsp3) is 0.385. The molecule has 2 saturated heterocycles. The molecule has 0 aliphatic carbocycles. The molecule has 0 bridgehead atoms. The molecule has 2 aliphatic rings. The lowest BCUT2D eigenvalue weighted by Crippen LogP contribution is -2.55. The highest BCUT2D eigenvalue weighted by Gasteiger charge is 2.41. The van der Waals surface area contributed by atoms with E-state index in [2.05, 4.69) is 20.6 Å². The molecule has 0 spiro atoms. The zero-order valence-electron chi connectivity index (χ0n) is 20.7. The van der Waals surface area contributed by atoms with Crippen molar-refractivity contribution in [1.82, 2.24) is 19.2 Å². The number of nitrogens with one attached hydrogen (secondary N) is 2. The molecule has 12 heteroatoms. The summed E-state index contributed by atoms with van der Waals surface area (Å²) < 4.78 is 54.7. The van der Waals surface area contributed by atoms with E-state index in [1.165, 1.54) is 28.6 Å². The number of aromatic nitrogens is 2. The molecule has 3 aromatic rings. The van der Waals surface area contributed by atoms with Crippen LogP contribution in [0.4, 0.5) is 31.9 Å². The quantitative estimate of drug-likeness (QED) is 0.394. The molecule has 9 nitrogen and oxygen atoms in total. The maximum absolute atomic E-state index is 13.6. The standard InChI is InChI=1S/C26H30F2N6O3S/c27-19-2-4-21(5-3-19)30-24-10-13-29-25(32-24)31-22-6-8-23(9-7-22)38(36,37)34-14-1-12-26(35,18-34)17-33-15-11-20(28)16-33/h2-10,13,20,35H,1,11-12,14-18H2,(H2,29,30,31,32)/t20-,26?/m0/s1. The van der Waals surface area contributed by atoms with Gasteiger partial charge in [-0.1, -0.05) is 0 Å². The number of rotatable bonds is 8. The summed E-state index contributed by atoms with van der Waals surface area (Å²) in [6.45, 7) is 1.40. The lowest BCUT2D eigenvalue weighted by molar-refractivity contribution is -0.0313. The Balaban J connectivity index is 1.23. The van der Waals surface area contributed by atoms with Crippen LogP contribution in [0.3, 0.4) is 0 Å². The van der Waals surface area contributed by atoms with Crippen molar-refractivity contribution >= 4 is 33.2 Å². The molecule has 5 rings (SSSR count). The van der Waals surface area contributed by atoms with Gasteiger partial charge in [0, 0.05) is 50.3 Å². The minimum atomic E-state index is -3.83. The van der Waals surface area contributed by atoms with Crippen molar-refractivity contribution in [3.05, 3.63) is 66.6 Å². The molecule has 2 aromatic carbocycles. The van der Waals surface area contributed by atoms with E-state index < -0.39 is 21.8 Å². The zero-order valence-corrected chi connectivity index (χ0v) is 21.5. The Bertz CT molecular complexity index is 1360. The maximum Gasteiger partial charge on any atom is 0.243 e. The summed E-state index contributed by atoms with van der Waals surface area (Å²) in [7, 11) is -3.83. The summed E-state index contributed by atoms with van der Waals surface area (Å²) in [4.78, 5) is 10.6. The number of sulfonamides is 1. The molecule has 202 valence electrons. The van der Waals surface area contributed by atoms with Crippen LogP contribution in [0.15, 0.2) is 65.7 Å². The molecule has 2 atom stereocenters. The molecule has 0 amide bonds. The average molecular weight is 545 g/mol. The lowest BCUT2D eigenvalue weighted by Gasteiger charge is -2.40. The summed E-state index contributed by atoms with van der Waals surface area (Å²) in [6, 6.07) is 13.8. The first-order valence-corrected chi connectivity index (χ1v) is 13.9. The van der Waals surface area contributed by atoms with Crippen LogP contribution in [0, 0.1) is 5.82 Å². The molecule has 3 heterocycles. The van der Waals surface area contributed by atoms with Crippen molar-refractivity contribution in [1.29, 1.82) is 0 Å². The first kappa shape index (κ1) is 26.4. The fourth-order valence-electron chi connectivity index (χ4n) is 4.91. The predicted octanol–water partition coefficient (Wildman–Crippen LogP) is 3.66. The van der Waals surface area contributed by atoms with Crippen molar-refractivity contribution < 1.29 is 22.3 Å². The second-order valence-electron chi connectivity index (χ2n) is 9.83. The van der Waals surface area contributed by atoms with Crippen molar-refractivity contribution in [2.75, 3.05) is 43.4 Å². The van der Waals surface area contributed by atoms with Gasteiger partial charge in [0.15, 0.2) is 0 Å². The summed E-state index contributed by atoms with van der Waals surface area (Å²) >= 11 is 0. The first-order valence-electron chi connectivity index (χ1n) is 12.5. The number of anilines is 4. The molecule has 38 heavy (non-hydrogen) atoms. The molecule has 1 unspecified atom stereocenters. The molecular formula is C26H30F2N6O3S. The highest BCUT2D eigenvalue weighted by Crippen LogP contribution is 2.29. The number of piperidine rings is 1. The van der Waals surface area contributed by atoms with Crippen molar-refractivity contribution in [2.24, 2.45) is 0 Å². The highest BCUT2D eigenvalue weighted by atomic mass is 32.2. The summed E-state index contributed by atoms with van der Waals surface area (Å²) in [5, 5.41) is 17.2. The topological polar surface area (TPSA) is 111 Å². The van der Waals surface area contributed by atoms with Gasteiger partial charge in [0.2, 0.25) is 16.0 Å². The van der Waals surface area contributed by atoms with Gasteiger partial charge in [-0.2, -0.15) is 9.29 Å². The van der Waals surface area contributed by atoms with Gasteiger partial charge >= 0.3 is 0 Å². The third kappa shape index (κ3) is 6.26. The van der Waals surface area contributed by atoms with E-state index in [1.807, 2.05) is 4.90 Å². The molecular weight excluding hydrogens is 514 g/mol. The third-order valence-corrected chi connectivity index (χ3v) is 8.63. The SMILES string of the molecule is O=S(=O)(c1ccc(Nc2nccc(Nc3ccc(F)cc3)n2)cc1)N1CCCC(O)(CN2CC[C@H](F)C2)C1. The normalized spacial score (nSPS) is 22.9. The number of benzene rings is 2. The number of nitrogens with zero attached hydrogens (tertiary/aromatic N) is 4. The van der Waals surface area contributed by atoms with Crippen molar-refractivity contribution in [3.63, 3.8) is 0 Å². The number of halogens is 2. The predicted molar refractivity (Wildman–Crippen MR) is 140 cm³/mol. The van der Waals surface area contributed by atoms with E-state index >= 15 is 0 Å². The summed E-state index contributed by atoms with van der Waals surface area (Å²) in [5.41, 5.74) is 0.0522. The van der Waals surface area contributed by atoms with Crippen LogP contribution in [0.5, 0.6) is 0 Å². The molecule has 0 saturated carbocycles. The van der Waals surface area contributed by atoms with Gasteiger partial charge in [-0.3, -0.25) is 4.90 Å². The smallest absolute Gasteiger partial charge is 0.243 e. The van der Waals surface area contributed by atoms with Crippen LogP contribution < -0.4 is 10.6 Å². The van der Waals surface area contributed by atoms with E-state index in [0.29, 0.717) is 55.5 Å². The largest absolute Gasteiger partial charge is 0.387 e. The molecule has 3 N–H and O–H groups in total. The van der Waals surface area contributed by atoms with E-state index in [1.54, 1.807) is 36.5 Å². The van der Waals surface area contributed by atoms with E-state index in [4.69, 9.17) is 0 Å². The van der Waals surface area contributed by atoms with Crippen LogP contribution >= 0.6 is 0 Å². The minimum Gasteiger partial charge on any atom is -0.387 e. The second-order valence-corrected chi connectivity index (χ2v) is 11.8. The molecule has 1 aromatic heterocycles. The monoisotopic (exact) mass is 544 g/mol. The Kier molecular flexibility index (Phi) is 7.57. The lowest BCUT2D eigenvalue weighted by atomic mass is 9.93. The number of alkyl halides is 1. The Hall–Kier alpha value is -3.19. The van der Waals surface area contributed by atoms with Gasteiger partial charge in [0.1, 0.15) is 17.8 Å². The number of likely N-dealkylation sites (tertiary alicyclic amines) is 1. The second kappa shape index (κ2) is 10.9. The van der Waals surface area contributed by atoms with Crippen molar-refractivity contribution in [2.45, 2.75) is 35.9 Å². The van der Waals surface area contributed by atoms with Crippen molar-refractivity contribution in [3.8, 4) is 0 Å². The fourth-order valence-corrected chi connectivity index (χ4v) is 6.47. The third-order valence-electron chi connectivity index (χ3n) is 6.77. The molecule has 2 fully saturated rings. The molecule has 2 aliphatic heterocycles. The molecule has 0 radical (unpaired) electrons. The van der Waals surface area contributed by atoms with Gasteiger partial charge in [-0.25, -0.2) is 22.2 Å². The van der Waals surface area contributed by atoms with Gasteiger partial charge in [-0.15, -0.1) is 0 Å². The summed E-state index contributed by atoms with van der Waals surface area (Å²) in [6.07, 6.45) is 2.12. The minimum absolute atomic E-state index is 0.0233. The van der Waals surface area contributed by atoms with E-state index in [9.17, 15) is 22.3 Å². The van der Waals surface area contributed by atoms with Gasteiger partial charge in [-0.05, 0) is 73.9 Å². The van der Waals surface area contributed by atoms with Crippen LogP contribution in [0.2, 0.25) is 0 Å². The van der Waals surface area contributed by atoms with Gasteiger partial charge in [0.25, 0.3) is 0 Å². The van der Waals surface area contributed by atoms with Crippen LogP contribution in [-0.2, 0) is 10.0 Å². The number of aliphatic hydroxyl groups is 1. The van der Waals surface area contributed by atoms with Crippen LogP contribution in [0.25, 0.3) is 0 Å². The van der Waals surface area contributed by atoms with E-state index in [-0.39, 0.29) is 30.3 Å². The van der Waals surface area contributed by atoms with Crippen LogP contribution in [-0.4, -0.2) is 77.2 Å². The Morgan fingerprint density at radius 3 is 2.45 bits per heavy atom. The average Bonchev–Trinajstić information content (AvgIpc) is 3.29. The Morgan fingerprint density at radius 2 is 1.74 bits per heavy atom. The Morgan fingerprint density at radius 1 is 1.03 bits per heavy atom. The summed E-state index contributed by atoms with van der Waals surface area (Å²) in [5.74, 6) is 0.466. The van der Waals surface area contributed by atoms with Gasteiger partial charge in [0.05, 0.1) is 10.5 Å². The number of β-amino-alcohol motifs (C(OH)–C–C–N with tert-alkyl or cyclic N) is 1. The maximum atomic E-state index is 13.6. The zero-order chi connectivity index (χ0) is 26.8. The van der Waals surface area contributed by atoms with Gasteiger partial charge < -0.3 is 15.7 Å². The van der Waals surface area contributed by atoms with Crippen LogP contribution in [0.1, 0.15) is 19.3 Å². The van der Waals surface area contributed by atoms with E-state index in [0.717, 1.165) is 0 Å². The Labute approximate surface area is 220 Å². The highest BCUT2D eigenvalue weighted by molar-refractivity contribution is 7.89. The number of hydrogen-bond acceptors (Lipinski definition) is 8. The number of hydrogen-bond donors (Lipinski definition) is 3. The first-order chi connectivity index (χ1) is 18.2.